The standard InChI is InChI=1S/C23H27Cl3N2O2/c1-4-15(3)27-23(30)21(5-2)28(14-17-10-11-18(24)13-20(17)26)22(29)12-16-8-6-7-9-19(16)25/h6-11,13,15,21H,4-5,12,14H2,1-3H3,(H,27,30)/t15-,21+/m0/s1. The van der Waals surface area contributed by atoms with Crippen molar-refractivity contribution in [3.05, 3.63) is 68.7 Å². The molecule has 0 unspecified atom stereocenters. The van der Waals surface area contributed by atoms with Crippen LogP contribution < -0.4 is 5.32 Å². The van der Waals surface area contributed by atoms with Crippen molar-refractivity contribution in [2.24, 2.45) is 0 Å². The topological polar surface area (TPSA) is 49.4 Å². The highest BCUT2D eigenvalue weighted by Gasteiger charge is 2.30. The minimum atomic E-state index is -0.624. The van der Waals surface area contributed by atoms with Crippen LogP contribution in [0, 0.1) is 0 Å². The van der Waals surface area contributed by atoms with Crippen molar-refractivity contribution in [1.29, 1.82) is 0 Å². The van der Waals surface area contributed by atoms with E-state index in [1.54, 1.807) is 29.2 Å². The molecule has 0 aliphatic rings. The van der Waals surface area contributed by atoms with Crippen molar-refractivity contribution in [3.8, 4) is 0 Å². The number of hydrogen-bond donors (Lipinski definition) is 1. The van der Waals surface area contributed by atoms with Crippen LogP contribution in [-0.4, -0.2) is 28.8 Å². The number of carbonyl (C=O) groups excluding carboxylic acids is 2. The van der Waals surface area contributed by atoms with Crippen LogP contribution in [0.4, 0.5) is 0 Å². The monoisotopic (exact) mass is 468 g/mol. The van der Waals surface area contributed by atoms with Crippen molar-refractivity contribution in [3.63, 3.8) is 0 Å². The normalized spacial score (nSPS) is 12.9. The molecule has 0 radical (unpaired) electrons. The fourth-order valence-electron chi connectivity index (χ4n) is 3.10. The van der Waals surface area contributed by atoms with Gasteiger partial charge >= 0.3 is 0 Å². The van der Waals surface area contributed by atoms with Gasteiger partial charge in [0.25, 0.3) is 0 Å². The number of amides is 2. The van der Waals surface area contributed by atoms with Gasteiger partial charge < -0.3 is 10.2 Å². The smallest absolute Gasteiger partial charge is 0.243 e. The lowest BCUT2D eigenvalue weighted by Crippen LogP contribution is -2.51. The zero-order valence-electron chi connectivity index (χ0n) is 17.4. The van der Waals surface area contributed by atoms with Crippen molar-refractivity contribution in [2.45, 2.75) is 58.7 Å². The van der Waals surface area contributed by atoms with E-state index in [-0.39, 0.29) is 30.8 Å². The van der Waals surface area contributed by atoms with Crippen LogP contribution in [-0.2, 0) is 22.6 Å². The number of nitrogens with zero attached hydrogens (tertiary/aromatic N) is 1. The van der Waals surface area contributed by atoms with Crippen LogP contribution in [0.1, 0.15) is 44.7 Å². The second-order valence-corrected chi connectivity index (χ2v) is 8.52. The van der Waals surface area contributed by atoms with Gasteiger partial charge in [-0.1, -0.05) is 72.9 Å². The highest BCUT2D eigenvalue weighted by molar-refractivity contribution is 6.35. The molecule has 0 fully saturated rings. The Bertz CT molecular complexity index is 889. The molecule has 0 heterocycles. The van der Waals surface area contributed by atoms with Gasteiger partial charge in [0.15, 0.2) is 0 Å². The summed E-state index contributed by atoms with van der Waals surface area (Å²) in [7, 11) is 0. The van der Waals surface area contributed by atoms with E-state index in [4.69, 9.17) is 34.8 Å². The zero-order chi connectivity index (χ0) is 22.3. The molecular weight excluding hydrogens is 443 g/mol. The Morgan fingerprint density at radius 3 is 2.27 bits per heavy atom. The molecule has 0 aliphatic heterocycles. The van der Waals surface area contributed by atoms with Crippen molar-refractivity contribution >= 4 is 46.6 Å². The highest BCUT2D eigenvalue weighted by Crippen LogP contribution is 2.25. The van der Waals surface area contributed by atoms with Gasteiger partial charge in [-0.25, -0.2) is 0 Å². The molecule has 2 rings (SSSR count). The Kier molecular flexibility index (Phi) is 9.47. The number of benzene rings is 2. The zero-order valence-corrected chi connectivity index (χ0v) is 19.7. The number of hydrogen-bond acceptors (Lipinski definition) is 2. The predicted octanol–water partition coefficient (Wildman–Crippen LogP) is 5.91. The molecule has 2 aromatic rings. The van der Waals surface area contributed by atoms with Crippen molar-refractivity contribution in [1.82, 2.24) is 10.2 Å². The molecule has 0 aromatic heterocycles. The third-order valence-electron chi connectivity index (χ3n) is 5.04. The maximum Gasteiger partial charge on any atom is 0.243 e. The molecule has 0 bridgehead atoms. The average Bonchev–Trinajstić information content (AvgIpc) is 2.70. The Labute approximate surface area is 193 Å². The first-order chi connectivity index (χ1) is 14.3. The first-order valence-electron chi connectivity index (χ1n) is 10.0. The average molecular weight is 470 g/mol. The Morgan fingerprint density at radius 2 is 1.67 bits per heavy atom. The summed E-state index contributed by atoms with van der Waals surface area (Å²) >= 11 is 18.6. The summed E-state index contributed by atoms with van der Waals surface area (Å²) in [4.78, 5) is 27.9. The number of carbonyl (C=O) groups is 2. The molecular formula is C23H27Cl3N2O2. The van der Waals surface area contributed by atoms with E-state index < -0.39 is 6.04 Å². The molecule has 2 atom stereocenters. The molecule has 30 heavy (non-hydrogen) atoms. The summed E-state index contributed by atoms with van der Waals surface area (Å²) in [6, 6.07) is 11.7. The van der Waals surface area contributed by atoms with Gasteiger partial charge in [-0.05, 0) is 49.1 Å². The summed E-state index contributed by atoms with van der Waals surface area (Å²) in [5.74, 6) is -0.371. The Hall–Kier alpha value is -1.75. The lowest BCUT2D eigenvalue weighted by atomic mass is 10.1. The minimum absolute atomic E-state index is 0.0196. The van der Waals surface area contributed by atoms with E-state index in [0.717, 1.165) is 12.0 Å². The molecule has 2 aromatic carbocycles. The molecule has 0 spiro atoms. The molecule has 0 saturated carbocycles. The first kappa shape index (κ1) is 24.5. The van der Waals surface area contributed by atoms with Crippen molar-refractivity contribution in [2.75, 3.05) is 0 Å². The van der Waals surface area contributed by atoms with Gasteiger partial charge in [0, 0.05) is 27.7 Å². The molecule has 0 saturated heterocycles. The van der Waals surface area contributed by atoms with Crippen LogP contribution in [0.2, 0.25) is 15.1 Å². The van der Waals surface area contributed by atoms with Crippen LogP contribution in [0.5, 0.6) is 0 Å². The third-order valence-corrected chi connectivity index (χ3v) is 6.00. The van der Waals surface area contributed by atoms with E-state index in [9.17, 15) is 9.59 Å². The lowest BCUT2D eigenvalue weighted by molar-refractivity contribution is -0.141. The van der Waals surface area contributed by atoms with E-state index in [1.807, 2.05) is 39.0 Å². The first-order valence-corrected chi connectivity index (χ1v) is 11.2. The fourth-order valence-corrected chi connectivity index (χ4v) is 3.77. The predicted molar refractivity (Wildman–Crippen MR) is 124 cm³/mol. The van der Waals surface area contributed by atoms with Crippen LogP contribution in [0.15, 0.2) is 42.5 Å². The molecule has 0 aliphatic carbocycles. The van der Waals surface area contributed by atoms with Crippen LogP contribution >= 0.6 is 34.8 Å². The van der Waals surface area contributed by atoms with E-state index >= 15 is 0 Å². The summed E-state index contributed by atoms with van der Waals surface area (Å²) in [6.07, 6.45) is 1.37. The summed E-state index contributed by atoms with van der Waals surface area (Å²) < 4.78 is 0. The summed E-state index contributed by atoms with van der Waals surface area (Å²) in [5, 5.41) is 4.48. The molecule has 7 heteroatoms. The third kappa shape index (κ3) is 6.63. The van der Waals surface area contributed by atoms with Gasteiger partial charge in [-0.2, -0.15) is 0 Å². The summed E-state index contributed by atoms with van der Waals surface area (Å²) in [5.41, 5.74) is 1.44. The van der Waals surface area contributed by atoms with Crippen molar-refractivity contribution < 1.29 is 9.59 Å². The Balaban J connectivity index is 2.35. The number of halogens is 3. The van der Waals surface area contributed by atoms with Gasteiger partial charge in [0.2, 0.25) is 11.8 Å². The van der Waals surface area contributed by atoms with Crippen LogP contribution in [0.25, 0.3) is 0 Å². The lowest BCUT2D eigenvalue weighted by Gasteiger charge is -2.32. The summed E-state index contributed by atoms with van der Waals surface area (Å²) in [6.45, 7) is 6.03. The minimum Gasteiger partial charge on any atom is -0.352 e. The largest absolute Gasteiger partial charge is 0.352 e. The highest BCUT2D eigenvalue weighted by atomic mass is 35.5. The maximum absolute atomic E-state index is 13.3. The van der Waals surface area contributed by atoms with E-state index in [2.05, 4.69) is 5.32 Å². The quantitative estimate of drug-likeness (QED) is 0.496. The van der Waals surface area contributed by atoms with Gasteiger partial charge in [0.05, 0.1) is 6.42 Å². The maximum atomic E-state index is 13.3. The van der Waals surface area contributed by atoms with Gasteiger partial charge in [-0.15, -0.1) is 0 Å². The number of rotatable bonds is 9. The SMILES string of the molecule is CC[C@H](C(=O)N[C@@H](C)CC)N(Cc1ccc(Cl)cc1Cl)C(=O)Cc1ccccc1Cl. The van der Waals surface area contributed by atoms with E-state index in [0.29, 0.717) is 27.1 Å². The van der Waals surface area contributed by atoms with Crippen LogP contribution in [0.3, 0.4) is 0 Å². The molecule has 2 amide bonds. The molecule has 4 nitrogen and oxygen atoms in total. The fraction of sp³-hybridized carbons (Fsp3) is 0.391. The van der Waals surface area contributed by atoms with Gasteiger partial charge in [0.1, 0.15) is 6.04 Å². The Morgan fingerprint density at radius 1 is 0.967 bits per heavy atom. The second kappa shape index (κ2) is 11.6. The van der Waals surface area contributed by atoms with E-state index in [1.165, 1.54) is 0 Å². The second-order valence-electron chi connectivity index (χ2n) is 7.27. The van der Waals surface area contributed by atoms with Gasteiger partial charge in [-0.3, -0.25) is 9.59 Å². The number of nitrogens with one attached hydrogen (secondary N) is 1. The molecule has 162 valence electrons. The molecule has 1 N–H and O–H groups in total.